The van der Waals surface area contributed by atoms with E-state index in [4.69, 9.17) is 47.4 Å². The van der Waals surface area contributed by atoms with Crippen LogP contribution in [0.4, 0.5) is 4.79 Å². The van der Waals surface area contributed by atoms with E-state index < -0.39 is 12.1 Å². The average Bonchev–Trinajstić information content (AvgIpc) is 3.23. The standard InChI is InChI=1S/C46H39Cl2N3O6/c1-3-4-19-54-46(53)51-26-37-24-43-42(56-28-44(57-43)35-14-16-38(17-15-35)55-27-32-9-18-39(47)40(48)21-32)23-36(37)22-41(51)45(52)50-29(2)20-30-5-10-33(11-6-30)34-12-7-31(25-49)8-13-34/h5-18,21,23-24,29,41,44H,19-20,22,26-28H2,1-2H3,(H,50,52). The Labute approximate surface area is 342 Å². The topological polar surface area (TPSA) is 110 Å². The summed E-state index contributed by atoms with van der Waals surface area (Å²) < 4.78 is 24.1. The fourth-order valence-corrected chi connectivity index (χ4v) is 7.20. The van der Waals surface area contributed by atoms with Gasteiger partial charge in [0.25, 0.3) is 0 Å². The summed E-state index contributed by atoms with van der Waals surface area (Å²) in [6.07, 6.45) is -0.132. The maximum Gasteiger partial charge on any atom is 0.411 e. The summed E-state index contributed by atoms with van der Waals surface area (Å²) in [5, 5.41) is 13.2. The molecule has 288 valence electrons. The molecular weight excluding hydrogens is 761 g/mol. The number of nitriles is 1. The van der Waals surface area contributed by atoms with Crippen molar-refractivity contribution in [3.05, 3.63) is 147 Å². The maximum atomic E-state index is 13.9. The normalized spacial score (nSPS) is 15.9. The Kier molecular flexibility index (Phi) is 12.2. The monoisotopic (exact) mass is 799 g/mol. The number of nitrogens with one attached hydrogen (secondary N) is 1. The van der Waals surface area contributed by atoms with Gasteiger partial charge in [0.05, 0.1) is 28.2 Å². The van der Waals surface area contributed by atoms with E-state index in [9.17, 15) is 9.59 Å². The van der Waals surface area contributed by atoms with E-state index in [1.807, 2.05) is 85.8 Å². The number of ether oxygens (including phenoxy) is 4. The minimum Gasteiger partial charge on any atom is -0.489 e. The molecule has 0 saturated heterocycles. The van der Waals surface area contributed by atoms with Gasteiger partial charge in [-0.05, 0) is 108 Å². The van der Waals surface area contributed by atoms with Gasteiger partial charge in [0.2, 0.25) is 5.91 Å². The van der Waals surface area contributed by atoms with Crippen molar-refractivity contribution < 1.29 is 28.5 Å². The number of carbonyl (C=O) groups excluding carboxylic acids is 2. The molecule has 1 N–H and O–H groups in total. The van der Waals surface area contributed by atoms with Gasteiger partial charge < -0.3 is 24.3 Å². The third kappa shape index (κ3) is 9.47. The van der Waals surface area contributed by atoms with Gasteiger partial charge in [-0.1, -0.05) is 83.7 Å². The first-order valence-corrected chi connectivity index (χ1v) is 19.3. The molecule has 2 amide bonds. The zero-order valence-electron chi connectivity index (χ0n) is 31.4. The second kappa shape index (κ2) is 17.8. The predicted molar refractivity (Wildman–Crippen MR) is 218 cm³/mol. The summed E-state index contributed by atoms with van der Waals surface area (Å²) in [4.78, 5) is 28.8. The minimum atomic E-state index is -0.812. The lowest BCUT2D eigenvalue weighted by molar-refractivity contribution is -0.127. The van der Waals surface area contributed by atoms with Crippen LogP contribution in [0.1, 0.15) is 53.3 Å². The van der Waals surface area contributed by atoms with Gasteiger partial charge in [-0.3, -0.25) is 9.69 Å². The van der Waals surface area contributed by atoms with E-state index >= 15 is 0 Å². The quantitative estimate of drug-likeness (QED) is 0.140. The molecule has 2 aliphatic rings. The Hall–Kier alpha value is -6.13. The molecule has 11 heteroatoms. The number of benzene rings is 5. The summed E-state index contributed by atoms with van der Waals surface area (Å²) in [5.74, 6) is 7.03. The van der Waals surface area contributed by atoms with Crippen LogP contribution >= 0.6 is 23.2 Å². The van der Waals surface area contributed by atoms with Crippen molar-refractivity contribution in [2.45, 2.75) is 58.0 Å². The summed E-state index contributed by atoms with van der Waals surface area (Å²) in [6, 6.07) is 33.5. The van der Waals surface area contributed by atoms with Crippen LogP contribution in [0.5, 0.6) is 17.2 Å². The van der Waals surface area contributed by atoms with Gasteiger partial charge in [-0.15, -0.1) is 5.92 Å². The fourth-order valence-electron chi connectivity index (χ4n) is 6.88. The van der Waals surface area contributed by atoms with Crippen LogP contribution in [0.2, 0.25) is 10.0 Å². The van der Waals surface area contributed by atoms with Gasteiger partial charge in [0.1, 0.15) is 25.0 Å². The third-order valence-electron chi connectivity index (χ3n) is 9.91. The van der Waals surface area contributed by atoms with Crippen molar-refractivity contribution in [2.75, 3.05) is 13.2 Å². The first kappa shape index (κ1) is 39.1. The Morgan fingerprint density at radius 3 is 2.30 bits per heavy atom. The number of hydrogen-bond donors (Lipinski definition) is 1. The molecule has 0 bridgehead atoms. The highest BCUT2D eigenvalue weighted by Crippen LogP contribution is 2.41. The lowest BCUT2D eigenvalue weighted by atomic mass is 9.92. The van der Waals surface area contributed by atoms with Crippen LogP contribution in [-0.4, -0.2) is 42.2 Å². The number of amides is 2. The molecule has 57 heavy (non-hydrogen) atoms. The van der Waals surface area contributed by atoms with Crippen molar-refractivity contribution in [3.63, 3.8) is 0 Å². The van der Waals surface area contributed by atoms with Gasteiger partial charge >= 0.3 is 6.09 Å². The highest BCUT2D eigenvalue weighted by Gasteiger charge is 2.37. The molecule has 3 unspecified atom stereocenters. The number of hydrogen-bond acceptors (Lipinski definition) is 7. The van der Waals surface area contributed by atoms with Crippen LogP contribution in [0, 0.1) is 23.2 Å². The van der Waals surface area contributed by atoms with Gasteiger partial charge in [0, 0.05) is 12.5 Å². The summed E-state index contributed by atoms with van der Waals surface area (Å²) >= 11 is 12.2. The van der Waals surface area contributed by atoms with Crippen molar-refractivity contribution in [3.8, 4) is 46.3 Å². The average molecular weight is 801 g/mol. The molecule has 2 aliphatic heterocycles. The minimum absolute atomic E-state index is 0.0793. The molecule has 9 nitrogen and oxygen atoms in total. The molecular formula is C46H39Cl2N3O6. The largest absolute Gasteiger partial charge is 0.489 e. The first-order valence-electron chi connectivity index (χ1n) is 18.5. The molecule has 0 saturated carbocycles. The van der Waals surface area contributed by atoms with Gasteiger partial charge in [-0.2, -0.15) is 5.26 Å². The lowest BCUT2D eigenvalue weighted by Crippen LogP contribution is -2.54. The molecule has 3 atom stereocenters. The summed E-state index contributed by atoms with van der Waals surface area (Å²) in [7, 11) is 0. The highest BCUT2D eigenvalue weighted by atomic mass is 35.5. The van der Waals surface area contributed by atoms with E-state index in [1.165, 1.54) is 4.90 Å². The van der Waals surface area contributed by atoms with E-state index in [0.717, 1.165) is 38.9 Å². The Bertz CT molecular complexity index is 2370. The number of nitrogens with zero attached hydrogens (tertiary/aromatic N) is 2. The smallest absolute Gasteiger partial charge is 0.411 e. The molecule has 0 spiro atoms. The van der Waals surface area contributed by atoms with E-state index in [2.05, 4.69) is 23.2 Å². The lowest BCUT2D eigenvalue weighted by Gasteiger charge is -2.37. The molecule has 2 heterocycles. The fraction of sp³-hybridized carbons (Fsp3) is 0.239. The highest BCUT2D eigenvalue weighted by molar-refractivity contribution is 6.42. The first-order chi connectivity index (χ1) is 27.7. The van der Waals surface area contributed by atoms with Crippen LogP contribution in [0.25, 0.3) is 11.1 Å². The Morgan fingerprint density at radius 2 is 1.60 bits per heavy atom. The Morgan fingerprint density at radius 1 is 0.895 bits per heavy atom. The van der Waals surface area contributed by atoms with Gasteiger partial charge in [-0.25, -0.2) is 4.79 Å². The second-order valence-corrected chi connectivity index (χ2v) is 14.7. The van der Waals surface area contributed by atoms with Crippen LogP contribution < -0.4 is 19.5 Å². The number of fused-ring (bicyclic) bond motifs is 2. The zero-order chi connectivity index (χ0) is 39.9. The van der Waals surface area contributed by atoms with Crippen molar-refractivity contribution in [1.82, 2.24) is 10.2 Å². The van der Waals surface area contributed by atoms with Crippen LogP contribution in [-0.2, 0) is 35.5 Å². The summed E-state index contributed by atoms with van der Waals surface area (Å²) in [5.41, 5.74) is 7.26. The van der Waals surface area contributed by atoms with E-state index in [1.54, 1.807) is 31.2 Å². The van der Waals surface area contributed by atoms with Crippen molar-refractivity contribution >= 4 is 35.2 Å². The van der Waals surface area contributed by atoms with E-state index in [0.29, 0.717) is 52.5 Å². The molecule has 0 aromatic heterocycles. The second-order valence-electron chi connectivity index (χ2n) is 13.9. The summed E-state index contributed by atoms with van der Waals surface area (Å²) in [6.45, 7) is 4.31. The van der Waals surface area contributed by atoms with Crippen LogP contribution in [0.3, 0.4) is 0 Å². The van der Waals surface area contributed by atoms with Crippen molar-refractivity contribution in [1.29, 1.82) is 5.26 Å². The number of carbonyl (C=O) groups is 2. The molecule has 0 radical (unpaired) electrons. The number of halogens is 2. The Balaban J connectivity index is 1.01. The number of rotatable bonds is 10. The molecule has 5 aromatic rings. The molecule has 7 rings (SSSR count). The predicted octanol–water partition coefficient (Wildman–Crippen LogP) is 9.26. The molecule has 0 fully saturated rings. The zero-order valence-corrected chi connectivity index (χ0v) is 32.9. The SMILES string of the molecule is CC#CCOC(=O)N1Cc2cc3c(cc2CC1C(=O)NC(C)Cc1ccc(-c2ccc(C#N)cc2)cc1)OCC(c1ccc(OCc2ccc(Cl)c(Cl)c2)cc1)O3. The maximum absolute atomic E-state index is 13.9. The molecule has 5 aromatic carbocycles. The van der Waals surface area contributed by atoms with Crippen LogP contribution in [0.15, 0.2) is 103 Å². The third-order valence-corrected chi connectivity index (χ3v) is 10.6. The molecule has 0 aliphatic carbocycles. The van der Waals surface area contributed by atoms with E-state index in [-0.39, 0.29) is 37.6 Å². The van der Waals surface area contributed by atoms with Gasteiger partial charge in [0.15, 0.2) is 24.2 Å². The van der Waals surface area contributed by atoms with Crippen molar-refractivity contribution in [2.24, 2.45) is 0 Å².